The molecule has 1 aromatic heterocycles. The normalized spacial score (nSPS) is 23.6. The quantitative estimate of drug-likeness (QED) is 0.596. The molecule has 1 atom stereocenters. The van der Waals surface area contributed by atoms with Crippen LogP contribution in [0.4, 0.5) is 0 Å². The molecular formula is C12H12N2O. The smallest absolute Gasteiger partial charge is 0.255 e. The van der Waals surface area contributed by atoms with Crippen molar-refractivity contribution in [2.24, 2.45) is 0 Å². The Kier molecular flexibility index (Phi) is 1.84. The number of amides is 1. The number of pyridine rings is 1. The predicted molar refractivity (Wildman–Crippen MR) is 56.6 cm³/mol. The van der Waals surface area contributed by atoms with Gasteiger partial charge in [-0.15, -0.1) is 0 Å². The number of carbonyl (C=O) groups excluding carboxylic acids is 1. The minimum atomic E-state index is 0.137. The summed E-state index contributed by atoms with van der Waals surface area (Å²) in [5.41, 5.74) is 1.72. The molecule has 1 amide bonds. The van der Waals surface area contributed by atoms with E-state index in [0.29, 0.717) is 5.92 Å². The monoisotopic (exact) mass is 200 g/mol. The molecule has 15 heavy (non-hydrogen) atoms. The van der Waals surface area contributed by atoms with E-state index in [1.807, 2.05) is 17.0 Å². The van der Waals surface area contributed by atoms with E-state index in [9.17, 15) is 4.79 Å². The van der Waals surface area contributed by atoms with Gasteiger partial charge >= 0.3 is 0 Å². The average molecular weight is 200 g/mol. The zero-order valence-electron chi connectivity index (χ0n) is 8.39. The Balaban J connectivity index is 2.16. The minimum Gasteiger partial charge on any atom is -0.337 e. The molecule has 0 N–H and O–H groups in total. The number of fused-ring (bicyclic) bond motifs is 4. The standard InChI is InChI=1S/C12H12N2O/c15-12-10-5-3-6-13-11(10)9-4-1-2-7-14(12)8-9/h1,3-6,9H,2,7-8H2. The fourth-order valence-electron chi connectivity index (χ4n) is 2.31. The Morgan fingerprint density at radius 1 is 1.47 bits per heavy atom. The van der Waals surface area contributed by atoms with Crippen LogP contribution in [-0.2, 0) is 0 Å². The number of carbonyl (C=O) groups is 1. The van der Waals surface area contributed by atoms with Crippen molar-refractivity contribution in [2.75, 3.05) is 13.1 Å². The summed E-state index contributed by atoms with van der Waals surface area (Å²) in [6.45, 7) is 1.62. The highest BCUT2D eigenvalue weighted by Crippen LogP contribution is 2.29. The molecule has 3 nitrogen and oxygen atoms in total. The van der Waals surface area contributed by atoms with Crippen molar-refractivity contribution < 1.29 is 4.79 Å². The Labute approximate surface area is 88.4 Å². The van der Waals surface area contributed by atoms with E-state index in [4.69, 9.17) is 0 Å². The van der Waals surface area contributed by atoms with Gasteiger partial charge < -0.3 is 4.90 Å². The van der Waals surface area contributed by atoms with Crippen LogP contribution in [-0.4, -0.2) is 28.9 Å². The molecule has 0 radical (unpaired) electrons. The van der Waals surface area contributed by atoms with Crippen molar-refractivity contribution in [1.82, 2.24) is 9.88 Å². The van der Waals surface area contributed by atoms with Gasteiger partial charge in [0, 0.05) is 25.2 Å². The second kappa shape index (κ2) is 3.19. The molecule has 0 aliphatic carbocycles. The van der Waals surface area contributed by atoms with Gasteiger partial charge in [-0.2, -0.15) is 0 Å². The topological polar surface area (TPSA) is 33.2 Å². The molecule has 1 aromatic rings. The van der Waals surface area contributed by atoms with Crippen LogP contribution in [0.15, 0.2) is 30.5 Å². The molecule has 76 valence electrons. The molecule has 0 spiro atoms. The summed E-state index contributed by atoms with van der Waals surface area (Å²) < 4.78 is 0. The lowest BCUT2D eigenvalue weighted by Gasteiger charge is -2.30. The second-order valence-electron chi connectivity index (χ2n) is 4.01. The van der Waals surface area contributed by atoms with E-state index in [0.717, 1.165) is 30.8 Å². The van der Waals surface area contributed by atoms with Gasteiger partial charge in [0.25, 0.3) is 5.91 Å². The van der Waals surface area contributed by atoms with E-state index < -0.39 is 0 Å². The largest absolute Gasteiger partial charge is 0.337 e. The Hall–Kier alpha value is -1.64. The summed E-state index contributed by atoms with van der Waals surface area (Å²) in [6.07, 6.45) is 7.05. The third-order valence-corrected chi connectivity index (χ3v) is 3.06. The van der Waals surface area contributed by atoms with Gasteiger partial charge in [-0.3, -0.25) is 9.78 Å². The van der Waals surface area contributed by atoms with Crippen LogP contribution in [0.5, 0.6) is 0 Å². The van der Waals surface area contributed by atoms with Gasteiger partial charge in [0.2, 0.25) is 0 Å². The summed E-state index contributed by atoms with van der Waals surface area (Å²) in [6, 6.07) is 3.71. The maximum absolute atomic E-state index is 12.0. The van der Waals surface area contributed by atoms with E-state index in [2.05, 4.69) is 17.1 Å². The third-order valence-electron chi connectivity index (χ3n) is 3.06. The van der Waals surface area contributed by atoms with Gasteiger partial charge in [0.1, 0.15) is 0 Å². The summed E-state index contributed by atoms with van der Waals surface area (Å²) in [5, 5.41) is 0. The Morgan fingerprint density at radius 3 is 3.33 bits per heavy atom. The zero-order valence-corrected chi connectivity index (χ0v) is 8.39. The fourth-order valence-corrected chi connectivity index (χ4v) is 2.31. The molecule has 0 saturated carbocycles. The molecule has 2 aliphatic rings. The molecule has 1 unspecified atom stereocenters. The van der Waals surface area contributed by atoms with Crippen LogP contribution in [0.2, 0.25) is 0 Å². The van der Waals surface area contributed by atoms with Crippen molar-refractivity contribution in [2.45, 2.75) is 12.3 Å². The summed E-state index contributed by atoms with van der Waals surface area (Å²) in [4.78, 5) is 18.3. The number of rotatable bonds is 0. The number of nitrogens with zero attached hydrogens (tertiary/aromatic N) is 2. The minimum absolute atomic E-state index is 0.137. The van der Waals surface area contributed by atoms with Crippen molar-refractivity contribution in [3.05, 3.63) is 41.7 Å². The predicted octanol–water partition coefficient (Wildman–Crippen LogP) is 1.58. The van der Waals surface area contributed by atoms with E-state index >= 15 is 0 Å². The molecule has 2 aliphatic heterocycles. The lowest BCUT2D eigenvalue weighted by molar-refractivity contribution is 0.0736. The van der Waals surface area contributed by atoms with Crippen LogP contribution in [0.25, 0.3) is 0 Å². The van der Waals surface area contributed by atoms with Gasteiger partial charge in [0.05, 0.1) is 11.3 Å². The number of aromatic nitrogens is 1. The maximum Gasteiger partial charge on any atom is 0.255 e. The van der Waals surface area contributed by atoms with E-state index in [-0.39, 0.29) is 5.91 Å². The van der Waals surface area contributed by atoms with Gasteiger partial charge in [-0.25, -0.2) is 0 Å². The van der Waals surface area contributed by atoms with Crippen molar-refractivity contribution in [1.29, 1.82) is 0 Å². The maximum atomic E-state index is 12.0. The van der Waals surface area contributed by atoms with Gasteiger partial charge in [-0.1, -0.05) is 12.2 Å². The van der Waals surface area contributed by atoms with Crippen LogP contribution >= 0.6 is 0 Å². The zero-order chi connectivity index (χ0) is 10.3. The first-order valence-electron chi connectivity index (χ1n) is 5.27. The summed E-state index contributed by atoms with van der Waals surface area (Å²) in [7, 11) is 0. The lowest BCUT2D eigenvalue weighted by atomic mass is 9.95. The molecular weight excluding hydrogens is 188 g/mol. The fraction of sp³-hybridized carbons (Fsp3) is 0.333. The first-order chi connectivity index (χ1) is 7.36. The summed E-state index contributed by atoms with van der Waals surface area (Å²) in [5.74, 6) is 0.430. The SMILES string of the molecule is O=C1c2cccnc2C2C=CCCN1C2. The summed E-state index contributed by atoms with van der Waals surface area (Å²) >= 11 is 0. The van der Waals surface area contributed by atoms with Crippen LogP contribution in [0, 0.1) is 0 Å². The second-order valence-corrected chi connectivity index (χ2v) is 4.01. The highest BCUT2D eigenvalue weighted by molar-refractivity contribution is 5.96. The molecule has 3 heterocycles. The van der Waals surface area contributed by atoms with Crippen molar-refractivity contribution >= 4 is 5.91 Å². The first-order valence-corrected chi connectivity index (χ1v) is 5.27. The average Bonchev–Trinajstić information content (AvgIpc) is 2.50. The lowest BCUT2D eigenvalue weighted by Crippen LogP contribution is -2.39. The van der Waals surface area contributed by atoms with Gasteiger partial charge in [0.15, 0.2) is 0 Å². The molecule has 2 bridgehead atoms. The van der Waals surface area contributed by atoms with E-state index in [1.165, 1.54) is 0 Å². The molecule has 3 heteroatoms. The molecule has 0 saturated heterocycles. The van der Waals surface area contributed by atoms with Crippen LogP contribution < -0.4 is 0 Å². The number of hydrogen-bond donors (Lipinski definition) is 0. The highest BCUT2D eigenvalue weighted by Gasteiger charge is 2.31. The number of hydrogen-bond acceptors (Lipinski definition) is 2. The highest BCUT2D eigenvalue weighted by atomic mass is 16.2. The van der Waals surface area contributed by atoms with Crippen molar-refractivity contribution in [3.8, 4) is 0 Å². The Morgan fingerprint density at radius 2 is 2.40 bits per heavy atom. The molecule has 3 rings (SSSR count). The molecule has 0 aromatic carbocycles. The van der Waals surface area contributed by atoms with Crippen LogP contribution in [0.1, 0.15) is 28.4 Å². The molecule has 0 fully saturated rings. The third kappa shape index (κ3) is 1.27. The van der Waals surface area contributed by atoms with Crippen LogP contribution in [0.3, 0.4) is 0 Å². The first kappa shape index (κ1) is 8.65. The Bertz CT molecular complexity index is 439. The van der Waals surface area contributed by atoms with Crippen molar-refractivity contribution in [3.63, 3.8) is 0 Å². The van der Waals surface area contributed by atoms with E-state index in [1.54, 1.807) is 6.20 Å². The van der Waals surface area contributed by atoms with Gasteiger partial charge in [-0.05, 0) is 18.6 Å².